The molecule has 0 amide bonds. The van der Waals surface area contributed by atoms with Crippen LogP contribution in [0.15, 0.2) is 30.3 Å². The second-order valence-corrected chi connectivity index (χ2v) is 2.08. The third-order valence-corrected chi connectivity index (χ3v) is 1.16. The van der Waals surface area contributed by atoms with E-state index in [1.54, 1.807) is 5.48 Å². The van der Waals surface area contributed by atoms with Gasteiger partial charge in [0.15, 0.2) is 0 Å². The first-order valence-electron chi connectivity index (χ1n) is 3.63. The number of hydroxylamine groups is 1. The zero-order valence-electron chi connectivity index (χ0n) is 7.43. The molecule has 0 aliphatic heterocycles. The van der Waals surface area contributed by atoms with Crippen LogP contribution >= 0.6 is 12.4 Å². The molecule has 0 aliphatic carbocycles. The van der Waals surface area contributed by atoms with Crippen molar-refractivity contribution in [2.45, 2.75) is 6.42 Å². The van der Waals surface area contributed by atoms with Crippen molar-refractivity contribution in [3.63, 3.8) is 0 Å². The maximum Gasteiger partial charge on any atom is 0.124 e. The molecule has 1 aromatic rings. The number of hydrogen-bond acceptors (Lipinski definition) is 3. The third-order valence-electron chi connectivity index (χ3n) is 1.16. The van der Waals surface area contributed by atoms with Gasteiger partial charge in [-0.05, 0) is 5.56 Å². The van der Waals surface area contributed by atoms with E-state index in [4.69, 9.17) is 5.21 Å². The van der Waals surface area contributed by atoms with Crippen LogP contribution < -0.4 is 5.48 Å². The van der Waals surface area contributed by atoms with E-state index >= 15 is 0 Å². The fraction of sp³-hybridized carbons (Fsp3) is 0.222. The summed E-state index contributed by atoms with van der Waals surface area (Å²) in [5, 5.41) is 7.32. The zero-order valence-corrected chi connectivity index (χ0v) is 8.25. The Hall–Kier alpha value is -0.900. The number of carbonyl (C=O) groups is 1. The van der Waals surface area contributed by atoms with Crippen molar-refractivity contribution in [1.82, 2.24) is 5.48 Å². The molecule has 13 heavy (non-hydrogen) atoms. The molecular weight excluding hydrogens is 190 g/mol. The van der Waals surface area contributed by atoms with Crippen molar-refractivity contribution in [3.05, 3.63) is 35.9 Å². The van der Waals surface area contributed by atoms with Crippen LogP contribution in [0.2, 0.25) is 0 Å². The largest absolute Gasteiger partial charge is 0.317 e. The normalized spacial score (nSPS) is 7.54. The smallest absolute Gasteiger partial charge is 0.124 e. The summed E-state index contributed by atoms with van der Waals surface area (Å²) in [6, 6.07) is 9.68. The van der Waals surface area contributed by atoms with Gasteiger partial charge in [0, 0.05) is 13.5 Å². The summed E-state index contributed by atoms with van der Waals surface area (Å²) in [4.78, 5) is 9.97. The summed E-state index contributed by atoms with van der Waals surface area (Å²) in [7, 11) is 1.43. The van der Waals surface area contributed by atoms with Crippen LogP contribution in [0.4, 0.5) is 0 Å². The van der Waals surface area contributed by atoms with E-state index < -0.39 is 0 Å². The van der Waals surface area contributed by atoms with Crippen LogP contribution in [-0.2, 0) is 11.2 Å². The Labute approximate surface area is 84.1 Å². The molecule has 0 heterocycles. The molecule has 1 aromatic carbocycles. The highest BCUT2D eigenvalue weighted by molar-refractivity contribution is 5.85. The lowest BCUT2D eigenvalue weighted by Crippen LogP contribution is -1.91. The first kappa shape index (κ1) is 14.6. The number of benzene rings is 1. The van der Waals surface area contributed by atoms with Crippen molar-refractivity contribution in [2.75, 3.05) is 7.05 Å². The maximum absolute atomic E-state index is 9.97. The number of nitrogens with one attached hydrogen (secondary N) is 1. The van der Waals surface area contributed by atoms with Gasteiger partial charge >= 0.3 is 0 Å². The minimum Gasteiger partial charge on any atom is -0.317 e. The number of rotatable bonds is 2. The maximum atomic E-state index is 9.97. The first-order valence-corrected chi connectivity index (χ1v) is 3.63. The zero-order chi connectivity index (χ0) is 9.23. The van der Waals surface area contributed by atoms with Crippen molar-refractivity contribution in [2.24, 2.45) is 0 Å². The van der Waals surface area contributed by atoms with Crippen LogP contribution in [0.1, 0.15) is 5.56 Å². The van der Waals surface area contributed by atoms with Crippen molar-refractivity contribution >= 4 is 18.7 Å². The molecular formula is C9H14ClNO2. The lowest BCUT2D eigenvalue weighted by atomic mass is 10.2. The summed E-state index contributed by atoms with van der Waals surface area (Å²) in [6.07, 6.45) is 1.44. The molecule has 0 fully saturated rings. The molecule has 0 atom stereocenters. The lowest BCUT2D eigenvalue weighted by molar-refractivity contribution is -0.107. The predicted molar refractivity (Wildman–Crippen MR) is 54.3 cm³/mol. The fourth-order valence-corrected chi connectivity index (χ4v) is 0.710. The van der Waals surface area contributed by atoms with E-state index in [0.29, 0.717) is 6.42 Å². The van der Waals surface area contributed by atoms with Gasteiger partial charge in [-0.1, -0.05) is 30.3 Å². The van der Waals surface area contributed by atoms with Gasteiger partial charge in [-0.25, -0.2) is 5.48 Å². The average Bonchev–Trinajstić information content (AvgIpc) is 2.08. The van der Waals surface area contributed by atoms with Crippen LogP contribution in [0.5, 0.6) is 0 Å². The Morgan fingerprint density at radius 3 is 2.23 bits per heavy atom. The molecule has 74 valence electrons. The SMILES string of the molecule is CNO.Cl.O=CCc1ccccc1. The van der Waals surface area contributed by atoms with Crippen LogP contribution in [0.25, 0.3) is 0 Å². The summed E-state index contributed by atoms with van der Waals surface area (Å²) >= 11 is 0. The molecule has 1 rings (SSSR count). The van der Waals surface area contributed by atoms with Gasteiger partial charge in [0.05, 0.1) is 0 Å². The fourth-order valence-electron chi connectivity index (χ4n) is 0.710. The Kier molecular flexibility index (Phi) is 12.5. The predicted octanol–water partition coefficient (Wildman–Crippen LogP) is 1.44. The second-order valence-electron chi connectivity index (χ2n) is 2.08. The standard InChI is InChI=1S/C8H8O.CH5NO.ClH/c9-7-6-8-4-2-1-3-5-8;1-2-3;/h1-5,7H,6H2;2-3H,1H3;1H. The summed E-state index contributed by atoms with van der Waals surface area (Å²) in [5.74, 6) is 0. The summed E-state index contributed by atoms with van der Waals surface area (Å²) in [5.41, 5.74) is 2.83. The molecule has 0 aromatic heterocycles. The molecule has 0 saturated carbocycles. The number of hydrogen-bond donors (Lipinski definition) is 2. The molecule has 3 nitrogen and oxygen atoms in total. The van der Waals surface area contributed by atoms with Gasteiger partial charge < -0.3 is 10.0 Å². The Bertz CT molecular complexity index is 204. The van der Waals surface area contributed by atoms with Crippen molar-refractivity contribution in [1.29, 1.82) is 0 Å². The monoisotopic (exact) mass is 203 g/mol. The van der Waals surface area contributed by atoms with Crippen molar-refractivity contribution < 1.29 is 10.0 Å². The number of aldehydes is 1. The molecule has 0 aliphatic rings. The first-order chi connectivity index (χ1) is 5.85. The van der Waals surface area contributed by atoms with E-state index in [1.165, 1.54) is 7.05 Å². The highest BCUT2D eigenvalue weighted by Gasteiger charge is 1.84. The molecule has 0 bridgehead atoms. The average molecular weight is 204 g/mol. The van der Waals surface area contributed by atoms with E-state index in [9.17, 15) is 4.79 Å². The minimum absolute atomic E-state index is 0. The van der Waals surface area contributed by atoms with Gasteiger partial charge in [-0.2, -0.15) is 0 Å². The third kappa shape index (κ3) is 9.01. The topological polar surface area (TPSA) is 49.3 Å². The number of halogens is 1. The highest BCUT2D eigenvalue weighted by atomic mass is 35.5. The van der Waals surface area contributed by atoms with Crippen LogP contribution in [0.3, 0.4) is 0 Å². The Balaban J connectivity index is 0. The highest BCUT2D eigenvalue weighted by Crippen LogP contribution is 1.96. The van der Waals surface area contributed by atoms with E-state index in [-0.39, 0.29) is 12.4 Å². The van der Waals surface area contributed by atoms with Gasteiger partial charge in [0.2, 0.25) is 0 Å². The van der Waals surface area contributed by atoms with E-state index in [2.05, 4.69) is 0 Å². The molecule has 0 spiro atoms. The van der Waals surface area contributed by atoms with E-state index in [0.717, 1.165) is 11.8 Å². The Morgan fingerprint density at radius 2 is 1.85 bits per heavy atom. The Morgan fingerprint density at radius 1 is 1.38 bits per heavy atom. The molecule has 0 saturated heterocycles. The van der Waals surface area contributed by atoms with Gasteiger partial charge in [-0.3, -0.25) is 0 Å². The molecule has 0 unspecified atom stereocenters. The van der Waals surface area contributed by atoms with Crippen LogP contribution in [-0.4, -0.2) is 18.5 Å². The van der Waals surface area contributed by atoms with Gasteiger partial charge in [-0.15, -0.1) is 12.4 Å². The van der Waals surface area contributed by atoms with E-state index in [1.807, 2.05) is 30.3 Å². The lowest BCUT2D eigenvalue weighted by Gasteiger charge is -1.89. The van der Waals surface area contributed by atoms with Gasteiger partial charge in [0.1, 0.15) is 6.29 Å². The van der Waals surface area contributed by atoms with Crippen LogP contribution in [0, 0.1) is 0 Å². The quantitative estimate of drug-likeness (QED) is 0.565. The molecule has 2 N–H and O–H groups in total. The molecule has 4 heteroatoms. The second kappa shape index (κ2) is 11.1. The van der Waals surface area contributed by atoms with Crippen molar-refractivity contribution in [3.8, 4) is 0 Å². The summed E-state index contributed by atoms with van der Waals surface area (Å²) < 4.78 is 0. The van der Waals surface area contributed by atoms with Gasteiger partial charge in [0.25, 0.3) is 0 Å². The molecule has 0 radical (unpaired) electrons. The summed E-state index contributed by atoms with van der Waals surface area (Å²) in [6.45, 7) is 0. The minimum atomic E-state index is 0. The number of carbonyl (C=O) groups excluding carboxylic acids is 1.